The number of carbonyl (C=O) groups is 1. The van der Waals surface area contributed by atoms with E-state index in [2.05, 4.69) is 10.6 Å². The molecule has 0 bridgehead atoms. The van der Waals surface area contributed by atoms with Gasteiger partial charge in [0.2, 0.25) is 0 Å². The Bertz CT molecular complexity index is 411. The van der Waals surface area contributed by atoms with E-state index in [0.29, 0.717) is 6.04 Å². The van der Waals surface area contributed by atoms with Gasteiger partial charge in [-0.3, -0.25) is 4.79 Å². The third kappa shape index (κ3) is 3.23. The Labute approximate surface area is 108 Å². The molecule has 1 aromatic carbocycles. The molecule has 0 spiro atoms. The van der Waals surface area contributed by atoms with E-state index in [1.165, 1.54) is 12.8 Å². The van der Waals surface area contributed by atoms with Crippen LogP contribution in [0.3, 0.4) is 0 Å². The zero-order valence-corrected chi connectivity index (χ0v) is 11.1. The molecule has 1 aliphatic heterocycles. The fourth-order valence-corrected chi connectivity index (χ4v) is 2.21. The summed E-state index contributed by atoms with van der Waals surface area (Å²) in [6.45, 7) is 2.10. The Kier molecular flexibility index (Phi) is 4.20. The lowest BCUT2D eigenvalue weighted by Gasteiger charge is -2.25. The molecule has 1 unspecified atom stereocenters. The van der Waals surface area contributed by atoms with Gasteiger partial charge in [0.1, 0.15) is 0 Å². The van der Waals surface area contributed by atoms with Crippen molar-refractivity contribution in [2.75, 3.05) is 32.5 Å². The Balaban J connectivity index is 2.04. The Morgan fingerprint density at radius 2 is 2.28 bits per heavy atom. The quantitative estimate of drug-likeness (QED) is 0.852. The van der Waals surface area contributed by atoms with Crippen molar-refractivity contribution in [1.82, 2.24) is 10.2 Å². The van der Waals surface area contributed by atoms with Crippen molar-refractivity contribution in [2.24, 2.45) is 0 Å². The minimum atomic E-state index is 0.0421. The first-order valence-electron chi connectivity index (χ1n) is 6.46. The van der Waals surface area contributed by atoms with Gasteiger partial charge in [-0.05, 0) is 37.6 Å². The Hall–Kier alpha value is -1.55. The summed E-state index contributed by atoms with van der Waals surface area (Å²) in [5.41, 5.74) is 1.75. The second-order valence-corrected chi connectivity index (χ2v) is 4.97. The van der Waals surface area contributed by atoms with Crippen LogP contribution in [0.25, 0.3) is 0 Å². The van der Waals surface area contributed by atoms with E-state index in [0.717, 1.165) is 24.3 Å². The molecule has 0 saturated carbocycles. The third-order valence-electron chi connectivity index (χ3n) is 3.18. The Morgan fingerprint density at radius 3 is 2.94 bits per heavy atom. The number of hydrogen-bond donors (Lipinski definition) is 2. The van der Waals surface area contributed by atoms with Gasteiger partial charge >= 0.3 is 0 Å². The van der Waals surface area contributed by atoms with Crippen molar-refractivity contribution in [2.45, 2.75) is 18.9 Å². The van der Waals surface area contributed by atoms with Crippen LogP contribution in [0, 0.1) is 0 Å². The first-order valence-corrected chi connectivity index (χ1v) is 6.46. The highest BCUT2D eigenvalue weighted by molar-refractivity contribution is 5.94. The van der Waals surface area contributed by atoms with Crippen LogP contribution in [0.4, 0.5) is 5.69 Å². The van der Waals surface area contributed by atoms with E-state index in [9.17, 15) is 4.79 Å². The molecular formula is C14H21N3O. The van der Waals surface area contributed by atoms with Crippen LogP contribution >= 0.6 is 0 Å². The zero-order valence-electron chi connectivity index (χ0n) is 11.1. The van der Waals surface area contributed by atoms with Crippen molar-refractivity contribution >= 4 is 11.6 Å². The van der Waals surface area contributed by atoms with Crippen molar-refractivity contribution < 1.29 is 4.79 Å². The molecule has 1 aliphatic rings. The molecule has 2 N–H and O–H groups in total. The summed E-state index contributed by atoms with van der Waals surface area (Å²) < 4.78 is 0. The lowest BCUT2D eigenvalue weighted by Crippen LogP contribution is -2.38. The number of rotatable bonds is 3. The predicted molar refractivity (Wildman–Crippen MR) is 74.0 cm³/mol. The fourth-order valence-electron chi connectivity index (χ4n) is 2.21. The molecule has 0 radical (unpaired) electrons. The predicted octanol–water partition coefficient (Wildman–Crippen LogP) is 1.55. The lowest BCUT2D eigenvalue weighted by molar-refractivity contribution is 0.0827. The van der Waals surface area contributed by atoms with Crippen LogP contribution in [0.1, 0.15) is 23.2 Å². The minimum Gasteiger partial charge on any atom is -0.381 e. The average molecular weight is 247 g/mol. The molecular weight excluding hydrogens is 226 g/mol. The van der Waals surface area contributed by atoms with E-state index in [1.54, 1.807) is 19.0 Å². The molecule has 1 fully saturated rings. The van der Waals surface area contributed by atoms with Crippen molar-refractivity contribution in [3.8, 4) is 0 Å². The molecule has 1 amide bonds. The lowest BCUT2D eigenvalue weighted by atomic mass is 10.1. The van der Waals surface area contributed by atoms with Gasteiger partial charge in [-0.15, -0.1) is 0 Å². The van der Waals surface area contributed by atoms with Gasteiger partial charge < -0.3 is 15.5 Å². The second kappa shape index (κ2) is 5.87. The summed E-state index contributed by atoms with van der Waals surface area (Å²) in [5.74, 6) is 0.0421. The summed E-state index contributed by atoms with van der Waals surface area (Å²) in [7, 11) is 3.54. The van der Waals surface area contributed by atoms with Crippen LogP contribution in [0.15, 0.2) is 24.3 Å². The summed E-state index contributed by atoms with van der Waals surface area (Å²) >= 11 is 0. The van der Waals surface area contributed by atoms with Gasteiger partial charge in [-0.1, -0.05) is 6.07 Å². The number of nitrogens with one attached hydrogen (secondary N) is 2. The molecule has 1 atom stereocenters. The summed E-state index contributed by atoms with van der Waals surface area (Å²) in [6, 6.07) is 8.18. The normalized spacial score (nSPS) is 19.3. The van der Waals surface area contributed by atoms with Crippen molar-refractivity contribution in [1.29, 1.82) is 0 Å². The molecule has 1 saturated heterocycles. The number of carbonyl (C=O) groups excluding carboxylic acids is 1. The van der Waals surface area contributed by atoms with Gasteiger partial charge in [0, 0.05) is 37.9 Å². The molecule has 98 valence electrons. The van der Waals surface area contributed by atoms with Gasteiger partial charge in [-0.25, -0.2) is 0 Å². The van der Waals surface area contributed by atoms with Crippen LogP contribution in [0.5, 0.6) is 0 Å². The number of anilines is 1. The molecule has 0 aliphatic carbocycles. The molecule has 4 heteroatoms. The Morgan fingerprint density at radius 1 is 1.44 bits per heavy atom. The second-order valence-electron chi connectivity index (χ2n) is 4.97. The summed E-state index contributed by atoms with van der Waals surface area (Å²) in [5, 5.41) is 6.85. The number of hydrogen-bond acceptors (Lipinski definition) is 3. The van der Waals surface area contributed by atoms with Crippen LogP contribution in [0.2, 0.25) is 0 Å². The van der Waals surface area contributed by atoms with Crippen molar-refractivity contribution in [3.05, 3.63) is 29.8 Å². The number of nitrogens with zero attached hydrogens (tertiary/aromatic N) is 1. The van der Waals surface area contributed by atoms with Crippen LogP contribution in [-0.4, -0.2) is 44.0 Å². The fraction of sp³-hybridized carbons (Fsp3) is 0.500. The highest BCUT2D eigenvalue weighted by Gasteiger charge is 2.13. The maximum absolute atomic E-state index is 11.9. The number of amides is 1. The number of benzene rings is 1. The molecule has 1 aromatic rings. The highest BCUT2D eigenvalue weighted by atomic mass is 16.2. The van der Waals surface area contributed by atoms with E-state index >= 15 is 0 Å². The maximum Gasteiger partial charge on any atom is 0.253 e. The topological polar surface area (TPSA) is 44.4 Å². The molecule has 2 rings (SSSR count). The van der Waals surface area contributed by atoms with Gasteiger partial charge in [0.25, 0.3) is 5.91 Å². The van der Waals surface area contributed by atoms with E-state index in [4.69, 9.17) is 0 Å². The molecule has 4 nitrogen and oxygen atoms in total. The third-order valence-corrected chi connectivity index (χ3v) is 3.18. The highest BCUT2D eigenvalue weighted by Crippen LogP contribution is 2.15. The molecule has 0 aromatic heterocycles. The van der Waals surface area contributed by atoms with Gasteiger partial charge in [0.05, 0.1) is 0 Å². The summed E-state index contributed by atoms with van der Waals surface area (Å²) in [4.78, 5) is 13.5. The summed E-state index contributed by atoms with van der Waals surface area (Å²) in [6.07, 6.45) is 2.38. The largest absolute Gasteiger partial charge is 0.381 e. The van der Waals surface area contributed by atoms with Gasteiger partial charge in [-0.2, -0.15) is 0 Å². The standard InChI is InChI=1S/C14H21N3O/c1-17(2)14(18)11-5-3-6-12(9-11)16-13-7-4-8-15-10-13/h3,5-6,9,13,15-16H,4,7-8,10H2,1-2H3. The molecule has 1 heterocycles. The first-order chi connectivity index (χ1) is 8.66. The average Bonchev–Trinajstić information content (AvgIpc) is 2.39. The van der Waals surface area contributed by atoms with E-state index < -0.39 is 0 Å². The first kappa shape index (κ1) is 12.9. The zero-order chi connectivity index (χ0) is 13.0. The monoisotopic (exact) mass is 247 g/mol. The molecule has 18 heavy (non-hydrogen) atoms. The number of piperidine rings is 1. The van der Waals surface area contributed by atoms with E-state index in [1.807, 2.05) is 24.3 Å². The van der Waals surface area contributed by atoms with Gasteiger partial charge in [0.15, 0.2) is 0 Å². The van der Waals surface area contributed by atoms with Crippen molar-refractivity contribution in [3.63, 3.8) is 0 Å². The van der Waals surface area contributed by atoms with Crippen LogP contribution in [-0.2, 0) is 0 Å². The SMILES string of the molecule is CN(C)C(=O)c1cccc(NC2CCCNC2)c1. The smallest absolute Gasteiger partial charge is 0.253 e. The maximum atomic E-state index is 11.9. The van der Waals surface area contributed by atoms with Crippen LogP contribution < -0.4 is 10.6 Å². The minimum absolute atomic E-state index is 0.0421. The van der Waals surface area contributed by atoms with E-state index in [-0.39, 0.29) is 5.91 Å².